The van der Waals surface area contributed by atoms with Crippen LogP contribution in [0.25, 0.3) is 0 Å². The average Bonchev–Trinajstić information content (AvgIpc) is 3.03. The minimum absolute atomic E-state index is 0.147. The van der Waals surface area contributed by atoms with Crippen LogP contribution in [0.3, 0.4) is 0 Å². The molecule has 0 bridgehead atoms. The SMILES string of the molecule is CN.CSc1ccc(Oc2cc3c(c(C(=O)N=C(N)C=N)c2)CC(C)(C)O3)cc1. The number of amides is 1. The van der Waals surface area contributed by atoms with E-state index in [1.54, 1.807) is 23.9 Å². The zero-order valence-electron chi connectivity index (χ0n) is 17.0. The number of rotatable bonds is 5. The molecule has 0 aliphatic carbocycles. The van der Waals surface area contributed by atoms with Crippen LogP contribution >= 0.6 is 11.8 Å². The lowest BCUT2D eigenvalue weighted by atomic mass is 9.97. The molecule has 0 unspecified atom stereocenters. The third kappa shape index (κ3) is 5.58. The van der Waals surface area contributed by atoms with Crippen molar-refractivity contribution in [1.82, 2.24) is 0 Å². The van der Waals surface area contributed by atoms with Crippen molar-refractivity contribution in [2.24, 2.45) is 16.5 Å². The molecular weight excluding hydrogens is 388 g/mol. The van der Waals surface area contributed by atoms with Gasteiger partial charge in [0, 0.05) is 22.9 Å². The lowest BCUT2D eigenvalue weighted by molar-refractivity contribution is 0.100. The minimum Gasteiger partial charge on any atom is -0.487 e. The summed E-state index contributed by atoms with van der Waals surface area (Å²) in [6.45, 7) is 3.91. The number of aliphatic imine (C=N–C) groups is 1. The molecule has 0 fully saturated rings. The Morgan fingerprint density at radius 3 is 2.48 bits per heavy atom. The number of carbonyl (C=O) groups is 1. The Labute approximate surface area is 175 Å². The Balaban J connectivity index is 0.00000145. The molecule has 1 aliphatic rings. The normalized spacial score (nSPS) is 14.2. The van der Waals surface area contributed by atoms with E-state index in [-0.39, 0.29) is 5.84 Å². The molecule has 0 spiro atoms. The van der Waals surface area contributed by atoms with Gasteiger partial charge in [0.05, 0.1) is 11.8 Å². The smallest absolute Gasteiger partial charge is 0.279 e. The Kier molecular flexibility index (Phi) is 7.41. The van der Waals surface area contributed by atoms with Crippen LogP contribution in [0.5, 0.6) is 17.2 Å². The molecule has 0 saturated carbocycles. The number of amidine groups is 1. The number of nitrogens with two attached hydrogens (primary N) is 2. The summed E-state index contributed by atoms with van der Waals surface area (Å²) in [4.78, 5) is 17.5. The number of nitrogens with zero attached hydrogens (tertiary/aromatic N) is 1. The first kappa shape index (κ1) is 22.4. The zero-order chi connectivity index (χ0) is 21.6. The van der Waals surface area contributed by atoms with E-state index in [4.69, 9.17) is 20.6 Å². The van der Waals surface area contributed by atoms with Crippen molar-refractivity contribution in [3.05, 3.63) is 47.5 Å². The lowest BCUT2D eigenvalue weighted by Crippen LogP contribution is -2.25. The van der Waals surface area contributed by atoms with Gasteiger partial charge in [0.25, 0.3) is 5.91 Å². The van der Waals surface area contributed by atoms with Crippen LogP contribution < -0.4 is 20.9 Å². The highest BCUT2D eigenvalue weighted by Gasteiger charge is 2.34. The van der Waals surface area contributed by atoms with Crippen LogP contribution in [-0.4, -0.2) is 36.9 Å². The molecule has 1 amide bonds. The molecule has 2 aromatic carbocycles. The fourth-order valence-corrected chi connectivity index (χ4v) is 3.30. The number of ether oxygens (including phenoxy) is 2. The molecular formula is C21H26N4O3S. The summed E-state index contributed by atoms with van der Waals surface area (Å²) < 4.78 is 11.9. The molecule has 0 saturated heterocycles. The van der Waals surface area contributed by atoms with Gasteiger partial charge < -0.3 is 26.4 Å². The van der Waals surface area contributed by atoms with Crippen molar-refractivity contribution in [3.8, 4) is 17.2 Å². The molecule has 3 rings (SSSR count). The van der Waals surface area contributed by atoms with Gasteiger partial charge in [-0.25, -0.2) is 0 Å². The number of carbonyl (C=O) groups excluding carboxylic acids is 1. The maximum atomic E-state index is 12.6. The van der Waals surface area contributed by atoms with Crippen molar-refractivity contribution in [3.63, 3.8) is 0 Å². The largest absolute Gasteiger partial charge is 0.487 e. The number of nitrogens with one attached hydrogen (secondary N) is 1. The Bertz CT molecular complexity index is 924. The monoisotopic (exact) mass is 414 g/mol. The van der Waals surface area contributed by atoms with E-state index in [1.807, 2.05) is 44.4 Å². The summed E-state index contributed by atoms with van der Waals surface area (Å²) in [6, 6.07) is 11.1. The van der Waals surface area contributed by atoms with Gasteiger partial charge in [-0.1, -0.05) is 0 Å². The predicted octanol–water partition coefficient (Wildman–Crippen LogP) is 3.64. The fourth-order valence-electron chi connectivity index (χ4n) is 2.89. The van der Waals surface area contributed by atoms with Crippen molar-refractivity contribution in [2.75, 3.05) is 13.3 Å². The summed E-state index contributed by atoms with van der Waals surface area (Å²) >= 11 is 1.65. The van der Waals surface area contributed by atoms with Gasteiger partial charge in [-0.15, -0.1) is 11.8 Å². The van der Waals surface area contributed by atoms with E-state index >= 15 is 0 Å². The van der Waals surface area contributed by atoms with Gasteiger partial charge in [0.2, 0.25) is 0 Å². The van der Waals surface area contributed by atoms with E-state index in [1.165, 1.54) is 7.05 Å². The number of hydrogen-bond acceptors (Lipinski definition) is 6. The van der Waals surface area contributed by atoms with Crippen LogP contribution in [0.1, 0.15) is 29.8 Å². The molecule has 0 radical (unpaired) electrons. The van der Waals surface area contributed by atoms with E-state index < -0.39 is 11.5 Å². The number of fused-ring (bicyclic) bond motifs is 1. The second-order valence-electron chi connectivity index (χ2n) is 6.75. The van der Waals surface area contributed by atoms with Gasteiger partial charge in [0.15, 0.2) is 0 Å². The van der Waals surface area contributed by atoms with Crippen molar-refractivity contribution < 1.29 is 14.3 Å². The van der Waals surface area contributed by atoms with Gasteiger partial charge in [-0.2, -0.15) is 4.99 Å². The molecule has 8 heteroatoms. The van der Waals surface area contributed by atoms with E-state index in [9.17, 15) is 4.79 Å². The van der Waals surface area contributed by atoms with Crippen molar-refractivity contribution in [1.29, 1.82) is 5.41 Å². The second kappa shape index (κ2) is 9.58. The van der Waals surface area contributed by atoms with Crippen LogP contribution in [0.15, 0.2) is 46.3 Å². The Morgan fingerprint density at radius 2 is 1.90 bits per heavy atom. The van der Waals surface area contributed by atoms with Crippen molar-refractivity contribution >= 4 is 29.7 Å². The maximum Gasteiger partial charge on any atom is 0.279 e. The molecule has 5 N–H and O–H groups in total. The molecule has 1 aliphatic heterocycles. The molecule has 0 aromatic heterocycles. The van der Waals surface area contributed by atoms with E-state index in [2.05, 4.69) is 10.7 Å². The van der Waals surface area contributed by atoms with E-state index in [0.29, 0.717) is 29.2 Å². The molecule has 154 valence electrons. The summed E-state index contributed by atoms with van der Waals surface area (Å²) in [5.74, 6) is 1.08. The summed E-state index contributed by atoms with van der Waals surface area (Å²) in [5, 5.41) is 7.12. The standard InChI is InChI=1S/C20H21N3O3S.CH5N/c1-20(2)10-16-15(19(24)23-18(22)11-21)8-13(9-17(16)26-20)25-12-4-6-14(27-3)7-5-12;1-2/h4-9,11,21H,10H2,1-3H3,(H2,22,23,24);2H2,1H3. The molecule has 2 aromatic rings. The summed E-state index contributed by atoms with van der Waals surface area (Å²) in [5.41, 5.74) is 10.7. The first-order chi connectivity index (χ1) is 13.8. The minimum atomic E-state index is -0.517. The third-order valence-corrected chi connectivity index (χ3v) is 4.82. The lowest BCUT2D eigenvalue weighted by Gasteiger charge is -2.16. The Morgan fingerprint density at radius 1 is 1.24 bits per heavy atom. The van der Waals surface area contributed by atoms with Gasteiger partial charge in [-0.3, -0.25) is 4.79 Å². The predicted molar refractivity (Wildman–Crippen MR) is 118 cm³/mol. The van der Waals surface area contributed by atoms with E-state index in [0.717, 1.165) is 16.7 Å². The molecule has 1 heterocycles. The van der Waals surface area contributed by atoms with Crippen LogP contribution in [-0.2, 0) is 6.42 Å². The fraction of sp³-hybridized carbons (Fsp3) is 0.286. The van der Waals surface area contributed by atoms with Crippen LogP contribution in [0, 0.1) is 5.41 Å². The quantitative estimate of drug-likeness (QED) is 0.390. The molecule has 0 atom stereocenters. The first-order valence-corrected chi connectivity index (χ1v) is 10.2. The van der Waals surface area contributed by atoms with Gasteiger partial charge >= 0.3 is 0 Å². The van der Waals surface area contributed by atoms with Crippen LogP contribution in [0.4, 0.5) is 0 Å². The highest BCUT2D eigenvalue weighted by molar-refractivity contribution is 7.98. The second-order valence-corrected chi connectivity index (χ2v) is 7.63. The molecule has 7 nitrogen and oxygen atoms in total. The number of hydrogen-bond donors (Lipinski definition) is 3. The maximum absolute atomic E-state index is 12.6. The van der Waals surface area contributed by atoms with Crippen molar-refractivity contribution in [2.45, 2.75) is 30.8 Å². The van der Waals surface area contributed by atoms with Gasteiger partial charge in [-0.05, 0) is 57.5 Å². The summed E-state index contributed by atoms with van der Waals surface area (Å²) in [6.07, 6.45) is 3.42. The summed E-state index contributed by atoms with van der Waals surface area (Å²) in [7, 11) is 1.50. The first-order valence-electron chi connectivity index (χ1n) is 8.96. The number of thioether (sulfide) groups is 1. The highest BCUT2D eigenvalue weighted by atomic mass is 32.2. The number of benzene rings is 2. The van der Waals surface area contributed by atoms with Crippen LogP contribution in [0.2, 0.25) is 0 Å². The zero-order valence-corrected chi connectivity index (χ0v) is 17.8. The Hall–Kier alpha value is -2.84. The average molecular weight is 415 g/mol. The topological polar surface area (TPSA) is 124 Å². The highest BCUT2D eigenvalue weighted by Crippen LogP contribution is 2.41. The van der Waals surface area contributed by atoms with Gasteiger partial charge in [0.1, 0.15) is 28.7 Å². The molecule has 29 heavy (non-hydrogen) atoms. The third-order valence-electron chi connectivity index (χ3n) is 4.08.